The summed E-state index contributed by atoms with van der Waals surface area (Å²) in [5.74, 6) is -1.94. The number of ether oxygens (including phenoxy) is 3. The number of methoxy groups -OCH3 is 2. The van der Waals surface area contributed by atoms with E-state index in [2.05, 4.69) is 9.47 Å². The molecule has 0 heterocycles. The van der Waals surface area contributed by atoms with Crippen LogP contribution in [0.25, 0.3) is 0 Å². The van der Waals surface area contributed by atoms with Gasteiger partial charge in [-0.2, -0.15) is 0 Å². The summed E-state index contributed by atoms with van der Waals surface area (Å²) in [5, 5.41) is 0. The van der Waals surface area contributed by atoms with Crippen LogP contribution in [-0.2, 0) is 30.4 Å². The molecule has 0 N–H and O–H groups in total. The number of rotatable bonds is 9. The van der Waals surface area contributed by atoms with Crippen LogP contribution >= 0.6 is 0 Å². The van der Waals surface area contributed by atoms with Gasteiger partial charge in [0.25, 0.3) is 0 Å². The topological polar surface area (TPSA) is 61.8 Å². The molecule has 21 heavy (non-hydrogen) atoms. The molecule has 0 aliphatic rings. The molecule has 0 aromatic heterocycles. The molecule has 0 bridgehead atoms. The van der Waals surface area contributed by atoms with Crippen molar-refractivity contribution < 1.29 is 23.8 Å². The van der Waals surface area contributed by atoms with Crippen molar-refractivity contribution in [2.45, 2.75) is 25.9 Å². The van der Waals surface area contributed by atoms with Crippen LogP contribution in [0.5, 0.6) is 0 Å². The van der Waals surface area contributed by atoms with Gasteiger partial charge in [0.05, 0.1) is 20.8 Å². The summed E-state index contributed by atoms with van der Waals surface area (Å²) < 4.78 is 14.7. The molecule has 0 aliphatic carbocycles. The average Bonchev–Trinajstić information content (AvgIpc) is 2.53. The molecule has 0 radical (unpaired) electrons. The Morgan fingerprint density at radius 2 is 1.62 bits per heavy atom. The fourth-order valence-corrected chi connectivity index (χ4v) is 1.93. The summed E-state index contributed by atoms with van der Waals surface area (Å²) >= 11 is 0. The fourth-order valence-electron chi connectivity index (χ4n) is 1.93. The molecule has 0 saturated carbocycles. The van der Waals surface area contributed by atoms with Crippen LogP contribution in [0.2, 0.25) is 0 Å². The number of hydrogen-bond donors (Lipinski definition) is 0. The SMILES string of the molecule is COC(=O)C(CCCCOCc1ccccc1)C(=O)OC. The Morgan fingerprint density at radius 3 is 2.19 bits per heavy atom. The summed E-state index contributed by atoms with van der Waals surface area (Å²) in [4.78, 5) is 22.9. The van der Waals surface area contributed by atoms with E-state index in [1.165, 1.54) is 14.2 Å². The van der Waals surface area contributed by atoms with Gasteiger partial charge in [0.2, 0.25) is 0 Å². The van der Waals surface area contributed by atoms with Crippen molar-refractivity contribution in [1.29, 1.82) is 0 Å². The van der Waals surface area contributed by atoms with Crippen LogP contribution in [0.4, 0.5) is 0 Å². The Hall–Kier alpha value is -1.88. The lowest BCUT2D eigenvalue weighted by Gasteiger charge is -2.12. The van der Waals surface area contributed by atoms with Crippen LogP contribution in [0.15, 0.2) is 30.3 Å². The highest BCUT2D eigenvalue weighted by Crippen LogP contribution is 2.13. The summed E-state index contributed by atoms with van der Waals surface area (Å²) in [6, 6.07) is 9.91. The van der Waals surface area contributed by atoms with Gasteiger partial charge in [0.15, 0.2) is 5.92 Å². The first-order chi connectivity index (χ1) is 10.2. The maximum absolute atomic E-state index is 11.5. The number of benzene rings is 1. The zero-order valence-corrected chi connectivity index (χ0v) is 12.5. The monoisotopic (exact) mass is 294 g/mol. The second-order valence-corrected chi connectivity index (χ2v) is 4.63. The maximum Gasteiger partial charge on any atom is 0.320 e. The highest BCUT2D eigenvalue weighted by Gasteiger charge is 2.27. The van der Waals surface area contributed by atoms with Gasteiger partial charge in [-0.05, 0) is 24.8 Å². The van der Waals surface area contributed by atoms with E-state index in [1.54, 1.807) is 0 Å². The van der Waals surface area contributed by atoms with Crippen LogP contribution < -0.4 is 0 Å². The molecule has 0 fully saturated rings. The van der Waals surface area contributed by atoms with E-state index in [9.17, 15) is 9.59 Å². The zero-order chi connectivity index (χ0) is 15.5. The molecule has 0 aliphatic heterocycles. The Kier molecular flexibility index (Phi) is 8.12. The summed E-state index contributed by atoms with van der Waals surface area (Å²) in [6.45, 7) is 1.15. The van der Waals surface area contributed by atoms with Crippen molar-refractivity contribution in [3.8, 4) is 0 Å². The summed E-state index contributed by atoms with van der Waals surface area (Å²) in [5.41, 5.74) is 1.12. The normalized spacial score (nSPS) is 10.4. The summed E-state index contributed by atoms with van der Waals surface area (Å²) in [7, 11) is 2.53. The van der Waals surface area contributed by atoms with E-state index >= 15 is 0 Å². The molecule has 116 valence electrons. The Morgan fingerprint density at radius 1 is 1.00 bits per heavy atom. The summed E-state index contributed by atoms with van der Waals surface area (Å²) in [6.07, 6.45) is 1.88. The first kappa shape index (κ1) is 17.2. The third-order valence-electron chi connectivity index (χ3n) is 3.11. The van der Waals surface area contributed by atoms with E-state index in [0.717, 1.165) is 12.0 Å². The second kappa shape index (κ2) is 9.94. The minimum atomic E-state index is -0.839. The molecular weight excluding hydrogens is 272 g/mol. The molecule has 1 aromatic rings. The lowest BCUT2D eigenvalue weighted by Crippen LogP contribution is -2.26. The smallest absolute Gasteiger partial charge is 0.320 e. The predicted octanol–water partition coefficient (Wildman–Crippen LogP) is 2.34. The van der Waals surface area contributed by atoms with Crippen LogP contribution in [-0.4, -0.2) is 32.8 Å². The highest BCUT2D eigenvalue weighted by molar-refractivity contribution is 5.94. The molecule has 5 heteroatoms. The number of unbranched alkanes of at least 4 members (excludes halogenated alkanes) is 1. The van der Waals surface area contributed by atoms with Gasteiger partial charge in [-0.15, -0.1) is 0 Å². The van der Waals surface area contributed by atoms with Crippen molar-refractivity contribution in [3.05, 3.63) is 35.9 Å². The van der Waals surface area contributed by atoms with Gasteiger partial charge in [0.1, 0.15) is 0 Å². The van der Waals surface area contributed by atoms with Crippen molar-refractivity contribution in [3.63, 3.8) is 0 Å². The van der Waals surface area contributed by atoms with Crippen molar-refractivity contribution in [1.82, 2.24) is 0 Å². The van der Waals surface area contributed by atoms with E-state index < -0.39 is 17.9 Å². The van der Waals surface area contributed by atoms with Crippen molar-refractivity contribution in [2.24, 2.45) is 5.92 Å². The largest absolute Gasteiger partial charge is 0.468 e. The van der Waals surface area contributed by atoms with E-state index in [0.29, 0.717) is 26.1 Å². The van der Waals surface area contributed by atoms with Gasteiger partial charge in [-0.3, -0.25) is 9.59 Å². The molecule has 0 saturated heterocycles. The quantitative estimate of drug-likeness (QED) is 0.397. The van der Waals surface area contributed by atoms with Gasteiger partial charge in [-0.1, -0.05) is 30.3 Å². The third kappa shape index (κ3) is 6.40. The fraction of sp³-hybridized carbons (Fsp3) is 0.500. The first-order valence-corrected chi connectivity index (χ1v) is 6.96. The van der Waals surface area contributed by atoms with Gasteiger partial charge >= 0.3 is 11.9 Å². The molecular formula is C16H22O5. The lowest BCUT2D eigenvalue weighted by molar-refractivity contribution is -0.159. The van der Waals surface area contributed by atoms with Crippen molar-refractivity contribution in [2.75, 3.05) is 20.8 Å². The lowest BCUT2D eigenvalue weighted by atomic mass is 10.0. The standard InChI is InChI=1S/C16H22O5/c1-19-15(17)14(16(18)20-2)10-6-7-11-21-12-13-8-4-3-5-9-13/h3-5,8-9,14H,6-7,10-12H2,1-2H3. The molecule has 0 atom stereocenters. The first-order valence-electron chi connectivity index (χ1n) is 6.96. The van der Waals surface area contributed by atoms with Gasteiger partial charge in [0, 0.05) is 6.61 Å². The van der Waals surface area contributed by atoms with Crippen molar-refractivity contribution >= 4 is 11.9 Å². The molecule has 0 spiro atoms. The second-order valence-electron chi connectivity index (χ2n) is 4.63. The molecule has 5 nitrogen and oxygen atoms in total. The van der Waals surface area contributed by atoms with Gasteiger partial charge < -0.3 is 14.2 Å². The number of carbonyl (C=O) groups excluding carboxylic acids is 2. The van der Waals surface area contributed by atoms with E-state index in [-0.39, 0.29) is 0 Å². The molecule has 1 aromatic carbocycles. The van der Waals surface area contributed by atoms with E-state index in [4.69, 9.17) is 4.74 Å². The van der Waals surface area contributed by atoms with Crippen LogP contribution in [0, 0.1) is 5.92 Å². The molecule has 0 amide bonds. The molecule has 1 rings (SSSR count). The van der Waals surface area contributed by atoms with Gasteiger partial charge in [-0.25, -0.2) is 0 Å². The number of hydrogen-bond acceptors (Lipinski definition) is 5. The van der Waals surface area contributed by atoms with Crippen LogP contribution in [0.3, 0.4) is 0 Å². The average molecular weight is 294 g/mol. The number of esters is 2. The third-order valence-corrected chi connectivity index (χ3v) is 3.11. The van der Waals surface area contributed by atoms with E-state index in [1.807, 2.05) is 30.3 Å². The Labute approximate surface area is 125 Å². The minimum Gasteiger partial charge on any atom is -0.468 e. The molecule has 0 unspecified atom stereocenters. The highest BCUT2D eigenvalue weighted by atomic mass is 16.5. The maximum atomic E-state index is 11.5. The van der Waals surface area contributed by atoms with Crippen LogP contribution in [0.1, 0.15) is 24.8 Å². The zero-order valence-electron chi connectivity index (χ0n) is 12.5. The minimum absolute atomic E-state index is 0.411. The Bertz CT molecular complexity index is 414. The number of carbonyl (C=O) groups is 2. The Balaban J connectivity index is 2.19. The predicted molar refractivity (Wildman–Crippen MR) is 77.5 cm³/mol.